The van der Waals surface area contributed by atoms with E-state index in [-0.39, 0.29) is 11.5 Å². The SMILES string of the molecule is COC(=O)/C=C\CNC(C)(C)C. The van der Waals surface area contributed by atoms with E-state index < -0.39 is 0 Å². The van der Waals surface area contributed by atoms with Gasteiger partial charge in [0.15, 0.2) is 0 Å². The molecule has 0 aliphatic rings. The molecule has 0 aromatic rings. The molecule has 0 aromatic carbocycles. The topological polar surface area (TPSA) is 38.3 Å². The van der Waals surface area contributed by atoms with Crippen LogP contribution in [0.25, 0.3) is 0 Å². The summed E-state index contributed by atoms with van der Waals surface area (Å²) in [5.41, 5.74) is 0.0838. The number of hydrogen-bond acceptors (Lipinski definition) is 3. The van der Waals surface area contributed by atoms with Gasteiger partial charge in [0.25, 0.3) is 0 Å². The van der Waals surface area contributed by atoms with Gasteiger partial charge in [-0.15, -0.1) is 0 Å². The lowest BCUT2D eigenvalue weighted by atomic mass is 10.1. The Morgan fingerprint density at radius 3 is 2.50 bits per heavy atom. The van der Waals surface area contributed by atoms with Crippen LogP contribution in [-0.2, 0) is 9.53 Å². The van der Waals surface area contributed by atoms with Crippen molar-refractivity contribution in [1.29, 1.82) is 0 Å². The fourth-order valence-corrected chi connectivity index (χ4v) is 0.588. The lowest BCUT2D eigenvalue weighted by Gasteiger charge is -2.18. The highest BCUT2D eigenvalue weighted by Crippen LogP contribution is 1.96. The van der Waals surface area contributed by atoms with Gasteiger partial charge in [-0.1, -0.05) is 6.08 Å². The van der Waals surface area contributed by atoms with E-state index in [1.54, 1.807) is 6.08 Å². The van der Waals surface area contributed by atoms with Gasteiger partial charge in [0.1, 0.15) is 0 Å². The minimum atomic E-state index is -0.314. The van der Waals surface area contributed by atoms with Crippen LogP contribution in [0.2, 0.25) is 0 Å². The van der Waals surface area contributed by atoms with Crippen molar-refractivity contribution in [2.24, 2.45) is 0 Å². The molecule has 70 valence electrons. The van der Waals surface area contributed by atoms with Gasteiger partial charge in [-0.05, 0) is 20.8 Å². The summed E-state index contributed by atoms with van der Waals surface area (Å²) in [6.07, 6.45) is 3.16. The van der Waals surface area contributed by atoms with Gasteiger partial charge in [0.2, 0.25) is 0 Å². The van der Waals surface area contributed by atoms with Crippen molar-refractivity contribution in [2.45, 2.75) is 26.3 Å². The Bertz CT molecular complexity index is 168. The van der Waals surface area contributed by atoms with Crippen LogP contribution in [0.4, 0.5) is 0 Å². The number of hydrogen-bond donors (Lipinski definition) is 1. The lowest BCUT2D eigenvalue weighted by Crippen LogP contribution is -2.35. The number of nitrogens with one attached hydrogen (secondary N) is 1. The molecule has 0 amide bonds. The maximum absolute atomic E-state index is 10.6. The van der Waals surface area contributed by atoms with Crippen molar-refractivity contribution in [1.82, 2.24) is 5.32 Å². The summed E-state index contributed by atoms with van der Waals surface area (Å²) >= 11 is 0. The molecule has 0 unspecified atom stereocenters. The molecule has 0 fully saturated rings. The lowest BCUT2D eigenvalue weighted by molar-refractivity contribution is -0.134. The zero-order chi connectivity index (χ0) is 9.61. The first-order chi connectivity index (χ1) is 5.45. The molecule has 0 spiro atoms. The van der Waals surface area contributed by atoms with E-state index in [2.05, 4.69) is 30.8 Å². The average Bonchev–Trinajstić information content (AvgIpc) is 1.96. The summed E-state index contributed by atoms with van der Waals surface area (Å²) in [4.78, 5) is 10.6. The molecule has 0 bridgehead atoms. The van der Waals surface area contributed by atoms with Gasteiger partial charge in [-0.3, -0.25) is 0 Å². The minimum Gasteiger partial charge on any atom is -0.466 e. The van der Waals surface area contributed by atoms with E-state index in [1.807, 2.05) is 0 Å². The van der Waals surface area contributed by atoms with E-state index in [9.17, 15) is 4.79 Å². The van der Waals surface area contributed by atoms with E-state index in [4.69, 9.17) is 0 Å². The normalized spacial score (nSPS) is 12.0. The van der Waals surface area contributed by atoms with Gasteiger partial charge >= 0.3 is 5.97 Å². The molecule has 3 heteroatoms. The number of carbonyl (C=O) groups is 1. The first-order valence-electron chi connectivity index (χ1n) is 3.95. The van der Waals surface area contributed by atoms with Crippen LogP contribution in [-0.4, -0.2) is 25.2 Å². The molecule has 0 atom stereocenters. The summed E-state index contributed by atoms with van der Waals surface area (Å²) in [6, 6.07) is 0. The summed E-state index contributed by atoms with van der Waals surface area (Å²) in [5, 5.41) is 3.21. The molecule has 0 rings (SSSR count). The molecule has 0 aliphatic carbocycles. The Kier molecular flexibility index (Phi) is 4.59. The summed E-state index contributed by atoms with van der Waals surface area (Å²) in [5.74, 6) is -0.314. The predicted octanol–water partition coefficient (Wildman–Crippen LogP) is 1.10. The smallest absolute Gasteiger partial charge is 0.330 e. The number of carbonyl (C=O) groups excluding carboxylic acids is 1. The molecule has 0 saturated carbocycles. The molecule has 1 N–H and O–H groups in total. The van der Waals surface area contributed by atoms with Crippen molar-refractivity contribution in [3.8, 4) is 0 Å². The number of ether oxygens (including phenoxy) is 1. The minimum absolute atomic E-state index is 0.0838. The molecular formula is C9H17NO2. The van der Waals surface area contributed by atoms with Crippen LogP contribution < -0.4 is 5.32 Å². The zero-order valence-corrected chi connectivity index (χ0v) is 8.18. The first kappa shape index (κ1) is 11.2. The Hall–Kier alpha value is -0.830. The summed E-state index contributed by atoms with van der Waals surface area (Å²) in [7, 11) is 1.36. The van der Waals surface area contributed by atoms with E-state index >= 15 is 0 Å². The maximum Gasteiger partial charge on any atom is 0.330 e. The van der Waals surface area contributed by atoms with Gasteiger partial charge < -0.3 is 10.1 Å². The maximum atomic E-state index is 10.6. The number of rotatable bonds is 3. The zero-order valence-electron chi connectivity index (χ0n) is 8.18. The molecule has 12 heavy (non-hydrogen) atoms. The third-order valence-electron chi connectivity index (χ3n) is 1.21. The third kappa shape index (κ3) is 7.28. The number of esters is 1. The largest absolute Gasteiger partial charge is 0.466 e. The highest BCUT2D eigenvalue weighted by Gasteiger charge is 2.05. The highest BCUT2D eigenvalue weighted by atomic mass is 16.5. The Labute approximate surface area is 73.8 Å². The Morgan fingerprint density at radius 1 is 1.50 bits per heavy atom. The molecule has 0 radical (unpaired) electrons. The second kappa shape index (κ2) is 4.93. The predicted molar refractivity (Wildman–Crippen MR) is 48.9 cm³/mol. The van der Waals surface area contributed by atoms with E-state index in [0.717, 1.165) is 0 Å². The molecule has 0 heterocycles. The fourth-order valence-electron chi connectivity index (χ4n) is 0.588. The Morgan fingerprint density at radius 2 is 2.08 bits per heavy atom. The van der Waals surface area contributed by atoms with E-state index in [1.165, 1.54) is 13.2 Å². The fraction of sp³-hybridized carbons (Fsp3) is 0.667. The highest BCUT2D eigenvalue weighted by molar-refractivity contribution is 5.81. The van der Waals surface area contributed by atoms with Crippen molar-refractivity contribution in [3.63, 3.8) is 0 Å². The molecule has 0 saturated heterocycles. The second-order valence-corrected chi connectivity index (χ2v) is 3.56. The van der Waals surface area contributed by atoms with Crippen molar-refractivity contribution in [3.05, 3.63) is 12.2 Å². The van der Waals surface area contributed by atoms with Crippen LogP contribution in [0.3, 0.4) is 0 Å². The summed E-state index contributed by atoms with van der Waals surface area (Å²) in [6.45, 7) is 6.88. The van der Waals surface area contributed by atoms with Gasteiger partial charge in [-0.2, -0.15) is 0 Å². The number of methoxy groups -OCH3 is 1. The third-order valence-corrected chi connectivity index (χ3v) is 1.21. The standard InChI is InChI=1S/C9H17NO2/c1-9(2,3)10-7-5-6-8(11)12-4/h5-6,10H,7H2,1-4H3/b6-5-. The molecular weight excluding hydrogens is 154 g/mol. The second-order valence-electron chi connectivity index (χ2n) is 3.56. The molecule has 0 aromatic heterocycles. The Balaban J connectivity index is 3.56. The quantitative estimate of drug-likeness (QED) is 0.510. The van der Waals surface area contributed by atoms with Crippen molar-refractivity contribution < 1.29 is 9.53 Å². The van der Waals surface area contributed by atoms with Crippen LogP contribution in [0.1, 0.15) is 20.8 Å². The monoisotopic (exact) mass is 171 g/mol. The van der Waals surface area contributed by atoms with Crippen LogP contribution in [0, 0.1) is 0 Å². The summed E-state index contributed by atoms with van der Waals surface area (Å²) < 4.78 is 4.43. The van der Waals surface area contributed by atoms with Gasteiger partial charge in [-0.25, -0.2) is 4.79 Å². The molecule has 0 aliphatic heterocycles. The van der Waals surface area contributed by atoms with Crippen LogP contribution in [0.5, 0.6) is 0 Å². The van der Waals surface area contributed by atoms with Crippen molar-refractivity contribution >= 4 is 5.97 Å². The van der Waals surface area contributed by atoms with Gasteiger partial charge in [0, 0.05) is 18.2 Å². The van der Waals surface area contributed by atoms with Gasteiger partial charge in [0.05, 0.1) is 7.11 Å². The average molecular weight is 171 g/mol. The van der Waals surface area contributed by atoms with Crippen LogP contribution >= 0.6 is 0 Å². The molecule has 3 nitrogen and oxygen atoms in total. The van der Waals surface area contributed by atoms with Crippen molar-refractivity contribution in [2.75, 3.05) is 13.7 Å². The first-order valence-corrected chi connectivity index (χ1v) is 3.95. The van der Waals surface area contributed by atoms with E-state index in [0.29, 0.717) is 6.54 Å². The van der Waals surface area contributed by atoms with Crippen LogP contribution in [0.15, 0.2) is 12.2 Å².